The normalized spacial score (nSPS) is 14.8. The minimum atomic E-state index is 0.726. The molecule has 0 atom stereocenters. The Bertz CT molecular complexity index is 555. The average Bonchev–Trinajstić information content (AvgIpc) is 3.16. The van der Waals surface area contributed by atoms with Crippen molar-refractivity contribution in [3.8, 4) is 5.69 Å². The third kappa shape index (κ3) is 2.82. The topological polar surface area (TPSA) is 29.9 Å². The Morgan fingerprint density at radius 3 is 2.68 bits per heavy atom. The maximum absolute atomic E-state index is 5.93. The van der Waals surface area contributed by atoms with Gasteiger partial charge in [0.05, 0.1) is 11.9 Å². The average molecular weight is 276 g/mol. The number of benzene rings is 1. The molecule has 1 heterocycles. The van der Waals surface area contributed by atoms with Crippen molar-refractivity contribution in [3.63, 3.8) is 0 Å². The first-order chi connectivity index (χ1) is 9.28. The van der Waals surface area contributed by atoms with Crippen molar-refractivity contribution >= 4 is 11.6 Å². The van der Waals surface area contributed by atoms with Crippen LogP contribution in [0.4, 0.5) is 0 Å². The Balaban J connectivity index is 1.85. The van der Waals surface area contributed by atoms with E-state index in [0.717, 1.165) is 29.7 Å². The third-order valence-electron chi connectivity index (χ3n) is 3.52. The molecule has 4 heteroatoms. The van der Waals surface area contributed by atoms with Crippen molar-refractivity contribution in [2.24, 2.45) is 0 Å². The molecule has 0 aliphatic heterocycles. The van der Waals surface area contributed by atoms with Gasteiger partial charge in [0.25, 0.3) is 0 Å². The molecule has 3 nitrogen and oxygen atoms in total. The van der Waals surface area contributed by atoms with E-state index in [9.17, 15) is 0 Å². The number of nitrogens with zero attached hydrogens (tertiary/aromatic N) is 2. The van der Waals surface area contributed by atoms with E-state index in [0.29, 0.717) is 0 Å². The standard InChI is InChI=1S/C15H18ClN3/c1-2-15-11(9-17-13-5-6-13)10-18-19(15)14-7-3-12(16)4-8-14/h3-4,7-8,10,13,17H,2,5-6,9H2,1H3. The summed E-state index contributed by atoms with van der Waals surface area (Å²) in [4.78, 5) is 0. The van der Waals surface area contributed by atoms with Crippen LogP contribution in [0.5, 0.6) is 0 Å². The van der Waals surface area contributed by atoms with E-state index in [1.807, 2.05) is 35.1 Å². The number of hydrogen-bond donors (Lipinski definition) is 1. The van der Waals surface area contributed by atoms with Crippen LogP contribution >= 0.6 is 11.6 Å². The number of hydrogen-bond acceptors (Lipinski definition) is 2. The molecule has 0 spiro atoms. The Labute approximate surface area is 118 Å². The summed E-state index contributed by atoms with van der Waals surface area (Å²) >= 11 is 5.93. The second kappa shape index (κ2) is 5.35. The van der Waals surface area contributed by atoms with Gasteiger partial charge in [-0.05, 0) is 43.5 Å². The molecule has 0 saturated heterocycles. The summed E-state index contributed by atoms with van der Waals surface area (Å²) in [6.45, 7) is 3.09. The lowest BCUT2D eigenvalue weighted by Gasteiger charge is -2.08. The first kappa shape index (κ1) is 12.7. The molecule has 1 aliphatic carbocycles. The van der Waals surface area contributed by atoms with Crippen molar-refractivity contribution in [2.75, 3.05) is 0 Å². The fourth-order valence-electron chi connectivity index (χ4n) is 2.28. The highest BCUT2D eigenvalue weighted by Gasteiger charge is 2.21. The second-order valence-electron chi connectivity index (χ2n) is 5.01. The predicted molar refractivity (Wildman–Crippen MR) is 77.8 cm³/mol. The Hall–Kier alpha value is -1.32. The van der Waals surface area contributed by atoms with Crippen LogP contribution in [0.15, 0.2) is 30.5 Å². The number of halogens is 1. The molecule has 1 fully saturated rings. The maximum atomic E-state index is 5.93. The Kier molecular flexibility index (Phi) is 3.58. The SMILES string of the molecule is CCc1c(CNC2CC2)cnn1-c1ccc(Cl)cc1. The highest BCUT2D eigenvalue weighted by atomic mass is 35.5. The van der Waals surface area contributed by atoms with Crippen LogP contribution in [-0.4, -0.2) is 15.8 Å². The van der Waals surface area contributed by atoms with Gasteiger partial charge in [-0.25, -0.2) is 4.68 Å². The largest absolute Gasteiger partial charge is 0.310 e. The highest BCUT2D eigenvalue weighted by Crippen LogP contribution is 2.21. The van der Waals surface area contributed by atoms with Gasteiger partial charge in [-0.2, -0.15) is 5.10 Å². The summed E-state index contributed by atoms with van der Waals surface area (Å²) in [6.07, 6.45) is 5.58. The fourth-order valence-corrected chi connectivity index (χ4v) is 2.40. The van der Waals surface area contributed by atoms with Gasteiger partial charge >= 0.3 is 0 Å². The molecule has 1 aliphatic rings. The number of nitrogens with one attached hydrogen (secondary N) is 1. The zero-order chi connectivity index (χ0) is 13.2. The van der Waals surface area contributed by atoms with E-state index >= 15 is 0 Å². The first-order valence-electron chi connectivity index (χ1n) is 6.83. The molecule has 0 radical (unpaired) electrons. The molecule has 100 valence electrons. The van der Waals surface area contributed by atoms with Gasteiger partial charge in [0.2, 0.25) is 0 Å². The molecule has 0 bridgehead atoms. The summed E-state index contributed by atoms with van der Waals surface area (Å²) in [5.41, 5.74) is 3.64. The molecule has 1 aromatic heterocycles. The number of rotatable bonds is 5. The lowest BCUT2D eigenvalue weighted by atomic mass is 10.2. The third-order valence-corrected chi connectivity index (χ3v) is 3.77. The van der Waals surface area contributed by atoms with Gasteiger partial charge in [0.15, 0.2) is 0 Å². The minimum absolute atomic E-state index is 0.726. The molecule has 3 rings (SSSR count). The van der Waals surface area contributed by atoms with Gasteiger partial charge in [-0.15, -0.1) is 0 Å². The molecular weight excluding hydrogens is 258 g/mol. The Morgan fingerprint density at radius 1 is 1.32 bits per heavy atom. The van der Waals surface area contributed by atoms with Crippen LogP contribution in [0, 0.1) is 0 Å². The van der Waals surface area contributed by atoms with Crippen molar-refractivity contribution in [1.29, 1.82) is 0 Å². The van der Waals surface area contributed by atoms with E-state index in [4.69, 9.17) is 11.6 Å². The first-order valence-corrected chi connectivity index (χ1v) is 7.21. The summed E-state index contributed by atoms with van der Waals surface area (Å²) in [7, 11) is 0. The molecule has 1 saturated carbocycles. The van der Waals surface area contributed by atoms with Crippen molar-refractivity contribution in [2.45, 2.75) is 38.8 Å². The van der Waals surface area contributed by atoms with E-state index in [1.54, 1.807) is 0 Å². The van der Waals surface area contributed by atoms with E-state index in [2.05, 4.69) is 17.3 Å². The van der Waals surface area contributed by atoms with Crippen LogP contribution < -0.4 is 5.32 Å². The van der Waals surface area contributed by atoms with E-state index in [-0.39, 0.29) is 0 Å². The summed E-state index contributed by atoms with van der Waals surface area (Å²) < 4.78 is 2.01. The monoisotopic (exact) mass is 275 g/mol. The van der Waals surface area contributed by atoms with Crippen LogP contribution in [-0.2, 0) is 13.0 Å². The highest BCUT2D eigenvalue weighted by molar-refractivity contribution is 6.30. The zero-order valence-corrected chi connectivity index (χ0v) is 11.8. The molecular formula is C15H18ClN3. The lowest BCUT2D eigenvalue weighted by molar-refractivity contribution is 0.680. The van der Waals surface area contributed by atoms with Crippen LogP contribution in [0.25, 0.3) is 5.69 Å². The second-order valence-corrected chi connectivity index (χ2v) is 5.45. The molecule has 2 aromatic rings. The van der Waals surface area contributed by atoms with Crippen LogP contribution in [0.2, 0.25) is 5.02 Å². The lowest BCUT2D eigenvalue weighted by Crippen LogP contribution is -2.16. The summed E-state index contributed by atoms with van der Waals surface area (Å²) in [6, 6.07) is 8.54. The van der Waals surface area contributed by atoms with E-state index in [1.165, 1.54) is 24.1 Å². The van der Waals surface area contributed by atoms with Crippen LogP contribution in [0.3, 0.4) is 0 Å². The van der Waals surface area contributed by atoms with Gasteiger partial charge in [0, 0.05) is 28.9 Å². The van der Waals surface area contributed by atoms with Gasteiger partial charge in [-0.3, -0.25) is 0 Å². The summed E-state index contributed by atoms with van der Waals surface area (Å²) in [5.74, 6) is 0. The maximum Gasteiger partial charge on any atom is 0.0649 e. The Morgan fingerprint density at radius 2 is 2.05 bits per heavy atom. The molecule has 1 N–H and O–H groups in total. The van der Waals surface area contributed by atoms with Gasteiger partial charge < -0.3 is 5.32 Å². The molecule has 0 unspecified atom stereocenters. The van der Waals surface area contributed by atoms with Crippen molar-refractivity contribution < 1.29 is 0 Å². The predicted octanol–water partition coefficient (Wildman–Crippen LogP) is 3.34. The quantitative estimate of drug-likeness (QED) is 0.907. The minimum Gasteiger partial charge on any atom is -0.310 e. The molecule has 1 aromatic carbocycles. The van der Waals surface area contributed by atoms with Gasteiger partial charge in [-0.1, -0.05) is 18.5 Å². The fraction of sp³-hybridized carbons (Fsp3) is 0.400. The molecule has 19 heavy (non-hydrogen) atoms. The van der Waals surface area contributed by atoms with Gasteiger partial charge in [0.1, 0.15) is 0 Å². The van der Waals surface area contributed by atoms with E-state index < -0.39 is 0 Å². The summed E-state index contributed by atoms with van der Waals surface area (Å²) in [5, 5.41) is 8.82. The zero-order valence-electron chi connectivity index (χ0n) is 11.1. The van der Waals surface area contributed by atoms with Crippen LogP contribution in [0.1, 0.15) is 31.0 Å². The molecule has 0 amide bonds. The van der Waals surface area contributed by atoms with Crippen molar-refractivity contribution in [3.05, 3.63) is 46.7 Å². The smallest absolute Gasteiger partial charge is 0.0649 e. The van der Waals surface area contributed by atoms with Crippen molar-refractivity contribution in [1.82, 2.24) is 15.1 Å². The number of aromatic nitrogens is 2.